The molecule has 4 N–H and O–H groups in total. The van der Waals surface area contributed by atoms with E-state index < -0.39 is 23.2 Å². The van der Waals surface area contributed by atoms with Crippen LogP contribution in [-0.4, -0.2) is 10.9 Å². The van der Waals surface area contributed by atoms with E-state index in [2.05, 4.69) is 15.7 Å². The third-order valence-corrected chi connectivity index (χ3v) is 2.68. The molecule has 1 heterocycles. The zero-order valence-corrected chi connectivity index (χ0v) is 10.6. The molecule has 0 saturated carbocycles. The number of nitrogens with one attached hydrogen (secondary N) is 2. The number of amides is 1. The Hall–Kier alpha value is -2.54. The summed E-state index contributed by atoms with van der Waals surface area (Å²) in [5.74, 6) is 2.81. The molecule has 2 aromatic rings. The van der Waals surface area contributed by atoms with Crippen molar-refractivity contribution in [1.29, 1.82) is 0 Å². The normalized spacial score (nSPS) is 10.2. The van der Waals surface area contributed by atoms with Crippen LogP contribution in [-0.2, 0) is 0 Å². The average Bonchev–Trinajstić information content (AvgIpc) is 2.47. The molecule has 0 aliphatic carbocycles. The number of nitrogens with two attached hydrogens (primary N) is 1. The lowest BCUT2D eigenvalue weighted by Gasteiger charge is -2.09. The van der Waals surface area contributed by atoms with Crippen molar-refractivity contribution in [2.75, 3.05) is 10.7 Å². The van der Waals surface area contributed by atoms with Gasteiger partial charge in [-0.3, -0.25) is 15.6 Å². The van der Waals surface area contributed by atoms with Crippen LogP contribution in [0.2, 0.25) is 0 Å². The number of rotatable bonds is 3. The van der Waals surface area contributed by atoms with Gasteiger partial charge in [-0.05, 0) is 30.7 Å². The average molecular weight is 278 g/mol. The van der Waals surface area contributed by atoms with Crippen molar-refractivity contribution in [1.82, 2.24) is 4.98 Å². The molecular weight excluding hydrogens is 266 g/mol. The quantitative estimate of drug-likeness (QED) is 0.594. The third kappa shape index (κ3) is 2.72. The summed E-state index contributed by atoms with van der Waals surface area (Å²) in [6.07, 6.45) is 1.35. The number of carbonyl (C=O) groups excluding carboxylic acids is 1. The predicted molar refractivity (Wildman–Crippen MR) is 71.1 cm³/mol. The predicted octanol–water partition coefficient (Wildman–Crippen LogP) is 2.21. The zero-order chi connectivity index (χ0) is 14.7. The van der Waals surface area contributed by atoms with E-state index in [-0.39, 0.29) is 11.3 Å². The number of aryl methyl sites for hydroxylation is 1. The minimum absolute atomic E-state index is 0.0132. The van der Waals surface area contributed by atoms with Gasteiger partial charge in [-0.1, -0.05) is 6.07 Å². The van der Waals surface area contributed by atoms with Gasteiger partial charge in [0.25, 0.3) is 5.91 Å². The van der Waals surface area contributed by atoms with Crippen LogP contribution >= 0.6 is 0 Å². The smallest absolute Gasteiger partial charge is 0.274 e. The molecule has 1 aromatic carbocycles. The Morgan fingerprint density at radius 2 is 2.05 bits per heavy atom. The van der Waals surface area contributed by atoms with E-state index in [9.17, 15) is 13.6 Å². The third-order valence-electron chi connectivity index (χ3n) is 2.68. The van der Waals surface area contributed by atoms with Gasteiger partial charge >= 0.3 is 0 Å². The van der Waals surface area contributed by atoms with Crippen LogP contribution in [0.3, 0.4) is 0 Å². The number of carbonyl (C=O) groups is 1. The first kappa shape index (κ1) is 13.9. The van der Waals surface area contributed by atoms with E-state index in [1.807, 2.05) is 0 Å². The number of hydrazine groups is 1. The number of hydrogen-bond acceptors (Lipinski definition) is 4. The van der Waals surface area contributed by atoms with Gasteiger partial charge in [-0.2, -0.15) is 0 Å². The van der Waals surface area contributed by atoms with E-state index >= 15 is 0 Å². The van der Waals surface area contributed by atoms with Gasteiger partial charge in [0.05, 0.1) is 5.69 Å². The van der Waals surface area contributed by atoms with Crippen molar-refractivity contribution in [2.45, 2.75) is 6.92 Å². The Bertz CT molecular complexity index is 661. The highest BCUT2D eigenvalue weighted by molar-refractivity contribution is 6.03. The van der Waals surface area contributed by atoms with Crippen molar-refractivity contribution in [3.8, 4) is 0 Å². The number of benzene rings is 1. The van der Waals surface area contributed by atoms with Gasteiger partial charge in [0.15, 0.2) is 5.82 Å². The van der Waals surface area contributed by atoms with E-state index in [4.69, 9.17) is 5.84 Å². The van der Waals surface area contributed by atoms with Gasteiger partial charge in [0.2, 0.25) is 0 Å². The second kappa shape index (κ2) is 5.62. The summed E-state index contributed by atoms with van der Waals surface area (Å²) in [6.45, 7) is 1.47. The number of hydrogen-bond donors (Lipinski definition) is 3. The first-order chi connectivity index (χ1) is 9.52. The molecule has 0 aliphatic heterocycles. The summed E-state index contributed by atoms with van der Waals surface area (Å²) in [5.41, 5.74) is 2.52. The first-order valence-corrected chi connectivity index (χ1v) is 5.71. The molecule has 0 saturated heterocycles. The fourth-order valence-electron chi connectivity index (χ4n) is 1.59. The fourth-order valence-corrected chi connectivity index (χ4v) is 1.59. The minimum atomic E-state index is -0.852. The molecule has 0 aliphatic rings. The van der Waals surface area contributed by atoms with Crippen LogP contribution in [0.25, 0.3) is 0 Å². The van der Waals surface area contributed by atoms with Crippen LogP contribution in [0.1, 0.15) is 16.1 Å². The van der Waals surface area contributed by atoms with Crippen molar-refractivity contribution >= 4 is 17.3 Å². The maximum Gasteiger partial charge on any atom is 0.274 e. The van der Waals surface area contributed by atoms with E-state index in [1.165, 1.54) is 25.3 Å². The molecule has 20 heavy (non-hydrogen) atoms. The van der Waals surface area contributed by atoms with Gasteiger partial charge < -0.3 is 10.7 Å². The Kier molecular flexibility index (Phi) is 3.90. The highest BCUT2D eigenvalue weighted by Crippen LogP contribution is 2.22. The Balaban J connectivity index is 2.30. The van der Waals surface area contributed by atoms with E-state index in [0.29, 0.717) is 5.69 Å². The number of aromatic nitrogens is 1. The van der Waals surface area contributed by atoms with Crippen LogP contribution in [0.4, 0.5) is 20.2 Å². The molecular formula is C13H12F2N4O. The summed E-state index contributed by atoms with van der Waals surface area (Å²) in [5, 5.41) is 2.17. The monoisotopic (exact) mass is 278 g/mol. The number of nitrogens with zero attached hydrogens (tertiary/aromatic N) is 1. The number of pyridine rings is 1. The number of halogens is 2. The minimum Gasteiger partial charge on any atom is -0.324 e. The maximum absolute atomic E-state index is 13.8. The molecule has 0 fully saturated rings. The van der Waals surface area contributed by atoms with E-state index in [0.717, 1.165) is 6.07 Å². The fraction of sp³-hybridized carbons (Fsp3) is 0.0769. The zero-order valence-electron chi connectivity index (χ0n) is 10.6. The summed E-state index contributed by atoms with van der Waals surface area (Å²) in [6, 6.07) is 5.28. The number of anilines is 2. The standard InChI is InChI=1S/C13H12F2N4O/c1-7-2-3-9(14)12(11(7)15)18-13(20)10-6-8(19-16)4-5-17-10/h2-6H,16H2,1H3,(H,17,19)(H,18,20). The van der Waals surface area contributed by atoms with E-state index in [1.54, 1.807) is 6.07 Å². The molecule has 7 heteroatoms. The van der Waals surface area contributed by atoms with Gasteiger partial charge in [0.1, 0.15) is 17.2 Å². The van der Waals surface area contributed by atoms with Crippen molar-refractivity contribution < 1.29 is 13.6 Å². The molecule has 0 bridgehead atoms. The molecule has 0 spiro atoms. The molecule has 0 atom stereocenters. The Labute approximate surface area is 113 Å². The summed E-state index contributed by atoms with van der Waals surface area (Å²) < 4.78 is 27.3. The van der Waals surface area contributed by atoms with Gasteiger partial charge in [0, 0.05) is 6.20 Å². The Morgan fingerprint density at radius 1 is 1.30 bits per heavy atom. The summed E-state index contributed by atoms with van der Waals surface area (Å²) >= 11 is 0. The Morgan fingerprint density at radius 3 is 2.75 bits per heavy atom. The van der Waals surface area contributed by atoms with Gasteiger partial charge in [-0.25, -0.2) is 8.78 Å². The van der Waals surface area contributed by atoms with Crippen LogP contribution < -0.4 is 16.6 Å². The molecule has 2 rings (SSSR count). The lowest BCUT2D eigenvalue weighted by molar-refractivity contribution is 0.102. The molecule has 1 aromatic heterocycles. The SMILES string of the molecule is Cc1ccc(F)c(NC(=O)c2cc(NN)ccn2)c1F. The molecule has 0 unspecified atom stereocenters. The maximum atomic E-state index is 13.8. The lowest BCUT2D eigenvalue weighted by Crippen LogP contribution is -2.17. The van der Waals surface area contributed by atoms with Crippen LogP contribution in [0, 0.1) is 18.6 Å². The highest BCUT2D eigenvalue weighted by atomic mass is 19.1. The topological polar surface area (TPSA) is 80.0 Å². The molecule has 0 radical (unpaired) electrons. The van der Waals surface area contributed by atoms with Gasteiger partial charge in [-0.15, -0.1) is 0 Å². The molecule has 1 amide bonds. The first-order valence-electron chi connectivity index (χ1n) is 5.71. The second-order valence-electron chi connectivity index (χ2n) is 4.08. The summed E-state index contributed by atoms with van der Waals surface area (Å²) in [4.78, 5) is 15.7. The molecule has 104 valence electrons. The summed E-state index contributed by atoms with van der Waals surface area (Å²) in [7, 11) is 0. The number of nitrogen functional groups attached to an aromatic ring is 1. The van der Waals surface area contributed by atoms with Crippen molar-refractivity contribution in [3.63, 3.8) is 0 Å². The largest absolute Gasteiger partial charge is 0.324 e. The van der Waals surface area contributed by atoms with Crippen LogP contribution in [0.15, 0.2) is 30.5 Å². The highest BCUT2D eigenvalue weighted by Gasteiger charge is 2.16. The lowest BCUT2D eigenvalue weighted by atomic mass is 10.2. The second-order valence-corrected chi connectivity index (χ2v) is 4.08. The van der Waals surface area contributed by atoms with Crippen LogP contribution in [0.5, 0.6) is 0 Å². The van der Waals surface area contributed by atoms with Crippen molar-refractivity contribution in [2.24, 2.45) is 5.84 Å². The van der Waals surface area contributed by atoms with Crippen molar-refractivity contribution in [3.05, 3.63) is 53.4 Å². The molecule has 5 nitrogen and oxygen atoms in total.